The Morgan fingerprint density at radius 2 is 1.68 bits per heavy atom. The van der Waals surface area contributed by atoms with Gasteiger partial charge < -0.3 is 11.1 Å². The van der Waals surface area contributed by atoms with Gasteiger partial charge in [0.1, 0.15) is 0 Å². The molecule has 3 saturated carbocycles. The van der Waals surface area contributed by atoms with Crippen molar-refractivity contribution in [3.8, 4) is 0 Å². The lowest BCUT2D eigenvalue weighted by Gasteiger charge is -2.36. The molecule has 0 bridgehead atoms. The van der Waals surface area contributed by atoms with Crippen molar-refractivity contribution in [2.75, 3.05) is 13.1 Å². The molecule has 3 rings (SSSR count). The van der Waals surface area contributed by atoms with Crippen LogP contribution in [-0.2, 0) is 4.79 Å². The van der Waals surface area contributed by atoms with Gasteiger partial charge in [0.05, 0.1) is 0 Å². The number of rotatable bonds is 4. The summed E-state index contributed by atoms with van der Waals surface area (Å²) in [7, 11) is 0. The van der Waals surface area contributed by atoms with Crippen LogP contribution in [0.5, 0.6) is 0 Å². The molecular weight excluding hydrogens is 236 g/mol. The van der Waals surface area contributed by atoms with E-state index in [1.807, 2.05) is 0 Å². The Kier molecular flexibility index (Phi) is 3.84. The van der Waals surface area contributed by atoms with Gasteiger partial charge in [0, 0.05) is 12.5 Å². The first-order valence-corrected chi connectivity index (χ1v) is 8.24. The number of nitrogens with two attached hydrogens (primary N) is 1. The normalized spacial score (nSPS) is 36.4. The molecule has 1 amide bonds. The third-order valence-corrected chi connectivity index (χ3v) is 5.94. The average Bonchev–Trinajstić information content (AvgIpc) is 3.20. The summed E-state index contributed by atoms with van der Waals surface area (Å²) in [5, 5.41) is 3.24. The van der Waals surface area contributed by atoms with E-state index in [9.17, 15) is 4.79 Å². The Balaban J connectivity index is 1.50. The summed E-state index contributed by atoms with van der Waals surface area (Å²) in [6.45, 7) is 1.54. The van der Waals surface area contributed by atoms with Gasteiger partial charge in [0.2, 0.25) is 5.91 Å². The second kappa shape index (κ2) is 5.43. The average molecular weight is 264 g/mol. The fraction of sp³-hybridized carbons (Fsp3) is 0.938. The second-order valence-electron chi connectivity index (χ2n) is 7.12. The highest BCUT2D eigenvalue weighted by atomic mass is 16.2. The van der Waals surface area contributed by atoms with E-state index in [0.29, 0.717) is 23.7 Å². The van der Waals surface area contributed by atoms with Crippen LogP contribution >= 0.6 is 0 Å². The zero-order chi connectivity index (χ0) is 13.3. The first-order chi connectivity index (χ1) is 9.26. The number of carbonyl (C=O) groups excluding carboxylic acids is 1. The van der Waals surface area contributed by atoms with E-state index in [0.717, 1.165) is 13.1 Å². The molecule has 0 radical (unpaired) electrons. The first-order valence-electron chi connectivity index (χ1n) is 8.24. The molecule has 3 aliphatic carbocycles. The maximum absolute atomic E-state index is 12.3. The zero-order valence-electron chi connectivity index (χ0n) is 12.0. The molecule has 0 aliphatic heterocycles. The minimum Gasteiger partial charge on any atom is -0.355 e. The van der Waals surface area contributed by atoms with Crippen molar-refractivity contribution < 1.29 is 4.79 Å². The summed E-state index contributed by atoms with van der Waals surface area (Å²) < 4.78 is 0. The molecule has 3 fully saturated rings. The van der Waals surface area contributed by atoms with E-state index >= 15 is 0 Å². The van der Waals surface area contributed by atoms with Crippen molar-refractivity contribution in [2.24, 2.45) is 28.9 Å². The molecule has 3 heteroatoms. The van der Waals surface area contributed by atoms with Crippen LogP contribution in [0.2, 0.25) is 0 Å². The molecule has 0 heterocycles. The Hall–Kier alpha value is -0.570. The highest BCUT2D eigenvalue weighted by Crippen LogP contribution is 2.55. The fourth-order valence-corrected chi connectivity index (χ4v) is 4.53. The molecule has 3 nitrogen and oxygen atoms in total. The number of nitrogens with one attached hydrogen (secondary N) is 1. The number of carbonyl (C=O) groups is 1. The van der Waals surface area contributed by atoms with E-state index in [2.05, 4.69) is 5.32 Å². The third-order valence-electron chi connectivity index (χ3n) is 5.94. The van der Waals surface area contributed by atoms with Gasteiger partial charge in [0.15, 0.2) is 0 Å². The van der Waals surface area contributed by atoms with Crippen molar-refractivity contribution in [3.63, 3.8) is 0 Å². The van der Waals surface area contributed by atoms with Gasteiger partial charge in [-0.05, 0) is 49.5 Å². The van der Waals surface area contributed by atoms with Gasteiger partial charge in [0.25, 0.3) is 0 Å². The van der Waals surface area contributed by atoms with Crippen LogP contribution in [0.25, 0.3) is 0 Å². The molecule has 3 aliphatic rings. The predicted octanol–water partition coefficient (Wildman–Crippen LogP) is 2.45. The van der Waals surface area contributed by atoms with E-state index in [1.54, 1.807) is 0 Å². The summed E-state index contributed by atoms with van der Waals surface area (Å²) in [6.07, 6.45) is 11.5. The number of amides is 1. The summed E-state index contributed by atoms with van der Waals surface area (Å²) in [4.78, 5) is 12.3. The molecule has 2 atom stereocenters. The molecule has 0 aromatic carbocycles. The summed E-state index contributed by atoms with van der Waals surface area (Å²) in [6, 6.07) is 0. The summed E-state index contributed by atoms with van der Waals surface area (Å²) in [5.74, 6) is 2.11. The molecule has 0 spiro atoms. The number of hydrogen-bond donors (Lipinski definition) is 2. The third kappa shape index (κ3) is 2.67. The van der Waals surface area contributed by atoms with Crippen molar-refractivity contribution >= 4 is 5.91 Å². The number of fused-ring (bicyclic) bond motifs is 1. The quantitative estimate of drug-likeness (QED) is 0.819. The standard InChI is InChI=1S/C16H28N2O/c17-10-16(8-4-1-5-9-16)11-18-15(19)14-12-6-2-3-7-13(12)14/h12-14H,1-11,17H2,(H,18,19). The van der Waals surface area contributed by atoms with Gasteiger partial charge in [-0.25, -0.2) is 0 Å². The smallest absolute Gasteiger partial charge is 0.223 e. The Bertz CT molecular complexity index is 324. The van der Waals surface area contributed by atoms with Crippen LogP contribution in [0.3, 0.4) is 0 Å². The number of hydrogen-bond acceptors (Lipinski definition) is 2. The molecule has 3 N–H and O–H groups in total. The van der Waals surface area contributed by atoms with Crippen LogP contribution in [0.1, 0.15) is 57.8 Å². The zero-order valence-corrected chi connectivity index (χ0v) is 12.0. The minimum absolute atomic E-state index is 0.202. The monoisotopic (exact) mass is 264 g/mol. The topological polar surface area (TPSA) is 55.1 Å². The molecule has 2 unspecified atom stereocenters. The minimum atomic E-state index is 0.202. The van der Waals surface area contributed by atoms with E-state index in [4.69, 9.17) is 5.73 Å². The van der Waals surface area contributed by atoms with Crippen LogP contribution < -0.4 is 11.1 Å². The maximum atomic E-state index is 12.3. The molecular formula is C16H28N2O. The van der Waals surface area contributed by atoms with E-state index in [-0.39, 0.29) is 5.41 Å². The lowest BCUT2D eigenvalue weighted by Crippen LogP contribution is -2.44. The summed E-state index contributed by atoms with van der Waals surface area (Å²) >= 11 is 0. The Morgan fingerprint density at radius 3 is 2.26 bits per heavy atom. The Labute approximate surface area is 116 Å². The van der Waals surface area contributed by atoms with Gasteiger partial charge in [-0.1, -0.05) is 32.1 Å². The molecule has 108 valence electrons. The van der Waals surface area contributed by atoms with Gasteiger partial charge >= 0.3 is 0 Å². The van der Waals surface area contributed by atoms with Crippen LogP contribution in [0.4, 0.5) is 0 Å². The van der Waals surface area contributed by atoms with Crippen molar-refractivity contribution in [3.05, 3.63) is 0 Å². The van der Waals surface area contributed by atoms with Crippen molar-refractivity contribution in [1.29, 1.82) is 0 Å². The van der Waals surface area contributed by atoms with Crippen molar-refractivity contribution in [1.82, 2.24) is 5.32 Å². The first kappa shape index (κ1) is 13.4. The molecule has 0 aromatic heterocycles. The molecule has 0 saturated heterocycles. The van der Waals surface area contributed by atoms with Gasteiger partial charge in [-0.3, -0.25) is 4.79 Å². The fourth-order valence-electron chi connectivity index (χ4n) is 4.53. The predicted molar refractivity (Wildman–Crippen MR) is 76.5 cm³/mol. The second-order valence-corrected chi connectivity index (χ2v) is 7.12. The highest BCUT2D eigenvalue weighted by molar-refractivity contribution is 5.82. The van der Waals surface area contributed by atoms with Crippen LogP contribution in [-0.4, -0.2) is 19.0 Å². The molecule has 0 aromatic rings. The maximum Gasteiger partial charge on any atom is 0.223 e. The Morgan fingerprint density at radius 1 is 1.05 bits per heavy atom. The van der Waals surface area contributed by atoms with Crippen molar-refractivity contribution in [2.45, 2.75) is 57.8 Å². The lowest BCUT2D eigenvalue weighted by molar-refractivity contribution is -0.123. The SMILES string of the molecule is NCC1(CNC(=O)C2C3CCCCC32)CCCCC1. The van der Waals surface area contributed by atoms with Gasteiger partial charge in [-0.2, -0.15) is 0 Å². The lowest BCUT2D eigenvalue weighted by atomic mass is 9.74. The molecule has 19 heavy (non-hydrogen) atoms. The van der Waals surface area contributed by atoms with E-state index < -0.39 is 0 Å². The summed E-state index contributed by atoms with van der Waals surface area (Å²) in [5.41, 5.74) is 6.18. The van der Waals surface area contributed by atoms with E-state index in [1.165, 1.54) is 57.8 Å². The van der Waals surface area contributed by atoms with Crippen LogP contribution in [0, 0.1) is 23.2 Å². The highest BCUT2D eigenvalue weighted by Gasteiger charge is 2.54. The van der Waals surface area contributed by atoms with Crippen LogP contribution in [0.15, 0.2) is 0 Å². The van der Waals surface area contributed by atoms with Gasteiger partial charge in [-0.15, -0.1) is 0 Å². The largest absolute Gasteiger partial charge is 0.355 e.